The van der Waals surface area contributed by atoms with Crippen molar-refractivity contribution in [1.29, 1.82) is 0 Å². The third-order valence-corrected chi connectivity index (χ3v) is 12.3. The van der Waals surface area contributed by atoms with E-state index in [0.717, 1.165) is 32.1 Å². The molecule has 0 aromatic heterocycles. The van der Waals surface area contributed by atoms with Crippen LogP contribution >= 0.6 is 7.82 Å². The number of hydrogen-bond donors (Lipinski definition) is 2. The SMILES string of the molecule is CCCCCCCCCCCCCCCCCCCCCCC(=O)O[C@H](COCCCCCCCCCCCCCCCCCCCC)COP(=O)(O)OCCN. The Bertz CT molecular complexity index is 848. The molecule has 0 bridgehead atoms. The van der Waals surface area contributed by atoms with E-state index in [9.17, 15) is 14.3 Å². The zero-order valence-electron chi connectivity index (χ0n) is 38.1. The lowest BCUT2D eigenvalue weighted by Crippen LogP contribution is -2.28. The zero-order valence-corrected chi connectivity index (χ0v) is 39.0. The molecule has 0 fully saturated rings. The Morgan fingerprint density at radius 1 is 0.456 bits per heavy atom. The van der Waals surface area contributed by atoms with Crippen molar-refractivity contribution in [3.63, 3.8) is 0 Å². The summed E-state index contributed by atoms with van der Waals surface area (Å²) in [4.78, 5) is 22.6. The van der Waals surface area contributed by atoms with Crippen LogP contribution in [0, 0.1) is 0 Å². The minimum absolute atomic E-state index is 0.0898. The van der Waals surface area contributed by atoms with Crippen LogP contribution < -0.4 is 5.73 Å². The summed E-state index contributed by atoms with van der Waals surface area (Å²) in [7, 11) is -4.27. The van der Waals surface area contributed by atoms with Gasteiger partial charge in [0.25, 0.3) is 0 Å². The molecule has 1 unspecified atom stereocenters. The van der Waals surface area contributed by atoms with Crippen LogP contribution in [0.15, 0.2) is 0 Å². The molecule has 0 radical (unpaired) electrons. The maximum absolute atomic E-state index is 12.6. The van der Waals surface area contributed by atoms with Crippen LogP contribution in [0.4, 0.5) is 0 Å². The molecule has 0 rings (SSSR count). The van der Waals surface area contributed by atoms with Gasteiger partial charge in [0.2, 0.25) is 0 Å². The molecule has 9 heteroatoms. The number of hydrogen-bond acceptors (Lipinski definition) is 7. The van der Waals surface area contributed by atoms with Crippen molar-refractivity contribution in [2.24, 2.45) is 5.73 Å². The van der Waals surface area contributed by atoms with Crippen molar-refractivity contribution in [1.82, 2.24) is 0 Å². The highest BCUT2D eigenvalue weighted by atomic mass is 31.2. The van der Waals surface area contributed by atoms with Gasteiger partial charge in [-0.1, -0.05) is 245 Å². The molecule has 0 spiro atoms. The van der Waals surface area contributed by atoms with E-state index in [1.807, 2.05) is 0 Å². The highest BCUT2D eigenvalue weighted by Gasteiger charge is 2.25. The van der Waals surface area contributed by atoms with E-state index < -0.39 is 13.9 Å². The van der Waals surface area contributed by atoms with Crippen LogP contribution in [0.25, 0.3) is 0 Å². The van der Waals surface area contributed by atoms with E-state index in [4.69, 9.17) is 24.3 Å². The number of carbonyl (C=O) groups excluding carboxylic acids is 1. The van der Waals surface area contributed by atoms with E-state index in [-0.39, 0.29) is 32.3 Å². The molecular weight excluding hydrogens is 734 g/mol. The maximum atomic E-state index is 12.6. The normalized spacial score (nSPS) is 13.3. The molecule has 342 valence electrons. The van der Waals surface area contributed by atoms with Crippen LogP contribution in [-0.4, -0.2) is 49.9 Å². The summed E-state index contributed by atoms with van der Waals surface area (Å²) in [6.45, 7) is 5.01. The summed E-state index contributed by atoms with van der Waals surface area (Å²) in [5, 5.41) is 0. The molecule has 2 atom stereocenters. The zero-order chi connectivity index (χ0) is 41.6. The molecule has 57 heavy (non-hydrogen) atoms. The Morgan fingerprint density at radius 2 is 0.772 bits per heavy atom. The largest absolute Gasteiger partial charge is 0.472 e. The summed E-state index contributed by atoms with van der Waals surface area (Å²) in [6, 6.07) is 0. The van der Waals surface area contributed by atoms with Crippen molar-refractivity contribution >= 4 is 13.8 Å². The van der Waals surface area contributed by atoms with Crippen LogP contribution in [0.5, 0.6) is 0 Å². The fourth-order valence-corrected chi connectivity index (χ4v) is 8.35. The van der Waals surface area contributed by atoms with Gasteiger partial charge in [-0.05, 0) is 12.8 Å². The number of ether oxygens (including phenoxy) is 2. The van der Waals surface area contributed by atoms with Crippen molar-refractivity contribution in [3.05, 3.63) is 0 Å². The maximum Gasteiger partial charge on any atom is 0.472 e. The van der Waals surface area contributed by atoms with Crippen molar-refractivity contribution in [3.8, 4) is 0 Å². The topological polar surface area (TPSA) is 117 Å². The van der Waals surface area contributed by atoms with Gasteiger partial charge in [-0.15, -0.1) is 0 Å². The van der Waals surface area contributed by atoms with Gasteiger partial charge in [0, 0.05) is 19.6 Å². The van der Waals surface area contributed by atoms with Gasteiger partial charge in [0.15, 0.2) is 0 Å². The first kappa shape index (κ1) is 56.5. The van der Waals surface area contributed by atoms with Gasteiger partial charge in [0.1, 0.15) is 6.10 Å². The molecule has 0 aliphatic heterocycles. The second kappa shape index (κ2) is 46.6. The van der Waals surface area contributed by atoms with Gasteiger partial charge in [0.05, 0.1) is 19.8 Å². The standard InChI is InChI=1S/C48H98NO7P/c1-3-5-7-9-11-13-15-17-19-21-23-24-25-27-29-31-33-35-37-39-41-48(50)56-47(46-55-57(51,52)54-44-42-49)45-53-43-40-38-36-34-32-30-28-26-22-20-18-16-14-12-10-8-6-4-2/h47H,3-46,49H2,1-2H3,(H,51,52)/t47-/m1/s1. The number of nitrogens with two attached hydrogens (primary N) is 1. The van der Waals surface area contributed by atoms with E-state index >= 15 is 0 Å². The van der Waals surface area contributed by atoms with Crippen LogP contribution in [0.1, 0.15) is 264 Å². The number of phosphoric ester groups is 1. The first-order valence-electron chi connectivity index (χ1n) is 25.0. The molecule has 0 aliphatic rings. The third-order valence-electron chi connectivity index (χ3n) is 11.3. The minimum Gasteiger partial charge on any atom is -0.457 e. The minimum atomic E-state index is -4.27. The molecule has 0 heterocycles. The fraction of sp³-hybridized carbons (Fsp3) is 0.979. The molecule has 0 aromatic carbocycles. The molecule has 0 amide bonds. The van der Waals surface area contributed by atoms with E-state index in [1.54, 1.807) is 0 Å². The van der Waals surface area contributed by atoms with Crippen molar-refractivity contribution in [2.75, 3.05) is 33.0 Å². The first-order chi connectivity index (χ1) is 27.9. The Hall–Kier alpha value is -0.500. The second-order valence-corrected chi connectivity index (χ2v) is 18.5. The molecular formula is C48H98NO7P. The van der Waals surface area contributed by atoms with Crippen molar-refractivity contribution in [2.45, 2.75) is 270 Å². The Morgan fingerprint density at radius 3 is 1.11 bits per heavy atom. The summed E-state index contributed by atoms with van der Waals surface area (Å²) >= 11 is 0. The fourth-order valence-electron chi connectivity index (χ4n) is 7.59. The molecule has 0 aromatic rings. The average Bonchev–Trinajstić information content (AvgIpc) is 3.20. The first-order valence-corrected chi connectivity index (χ1v) is 26.5. The lowest BCUT2D eigenvalue weighted by molar-refractivity contribution is -0.154. The number of phosphoric acid groups is 1. The smallest absolute Gasteiger partial charge is 0.457 e. The van der Waals surface area contributed by atoms with Gasteiger partial charge in [-0.2, -0.15) is 0 Å². The number of unbranched alkanes of at least 4 members (excludes halogenated alkanes) is 36. The third kappa shape index (κ3) is 46.4. The lowest BCUT2D eigenvalue weighted by atomic mass is 10.0. The predicted octanol–water partition coefficient (Wildman–Crippen LogP) is 15.3. The van der Waals surface area contributed by atoms with E-state index in [1.165, 1.54) is 212 Å². The molecule has 0 saturated heterocycles. The van der Waals surface area contributed by atoms with Crippen LogP contribution in [-0.2, 0) is 27.9 Å². The monoisotopic (exact) mass is 832 g/mol. The summed E-state index contributed by atoms with van der Waals surface area (Å²) < 4.78 is 33.6. The van der Waals surface area contributed by atoms with Gasteiger partial charge in [-0.25, -0.2) is 4.57 Å². The average molecular weight is 832 g/mol. The van der Waals surface area contributed by atoms with Gasteiger partial charge >= 0.3 is 13.8 Å². The number of carbonyl (C=O) groups is 1. The quantitative estimate of drug-likeness (QED) is 0.0354. The molecule has 3 N–H and O–H groups in total. The highest BCUT2D eigenvalue weighted by molar-refractivity contribution is 7.47. The summed E-state index contributed by atoms with van der Waals surface area (Å²) in [6.07, 6.45) is 49.9. The highest BCUT2D eigenvalue weighted by Crippen LogP contribution is 2.43. The summed E-state index contributed by atoms with van der Waals surface area (Å²) in [5.41, 5.74) is 5.39. The van der Waals surface area contributed by atoms with Crippen molar-refractivity contribution < 1.29 is 32.8 Å². The second-order valence-electron chi connectivity index (χ2n) is 17.1. The summed E-state index contributed by atoms with van der Waals surface area (Å²) in [5.74, 6) is -0.321. The molecule has 0 aliphatic carbocycles. The predicted molar refractivity (Wildman–Crippen MR) is 243 cm³/mol. The van der Waals surface area contributed by atoms with Crippen LogP contribution in [0.3, 0.4) is 0 Å². The van der Waals surface area contributed by atoms with E-state index in [2.05, 4.69) is 13.8 Å². The van der Waals surface area contributed by atoms with E-state index in [0.29, 0.717) is 13.0 Å². The van der Waals surface area contributed by atoms with Gasteiger partial charge in [-0.3, -0.25) is 13.8 Å². The van der Waals surface area contributed by atoms with Crippen LogP contribution in [0.2, 0.25) is 0 Å². The number of rotatable bonds is 49. The molecule has 8 nitrogen and oxygen atoms in total. The number of esters is 1. The molecule has 0 saturated carbocycles. The Balaban J connectivity index is 3.89. The van der Waals surface area contributed by atoms with Gasteiger partial charge < -0.3 is 20.1 Å². The Labute approximate surface area is 354 Å². The Kier molecular flexibility index (Phi) is 46.2. The lowest BCUT2D eigenvalue weighted by Gasteiger charge is -2.20.